The fourth-order valence-electron chi connectivity index (χ4n) is 1.54. The number of carbonyl (C=O) groups excluding carboxylic acids is 1. The Morgan fingerprint density at radius 3 is 2.20 bits per heavy atom. The van der Waals surface area contributed by atoms with Crippen LogP contribution in [0.5, 0.6) is 5.75 Å². The average Bonchev–Trinajstić information content (AvgIpc) is 2.36. The van der Waals surface area contributed by atoms with Crippen LogP contribution in [0.15, 0.2) is 24.3 Å². The molecule has 0 heterocycles. The minimum atomic E-state index is -0.490. The van der Waals surface area contributed by atoms with E-state index in [1.54, 1.807) is 6.92 Å². The minimum absolute atomic E-state index is 0. The van der Waals surface area contributed by atoms with Crippen LogP contribution in [0.1, 0.15) is 39.3 Å². The molecule has 2 atom stereocenters. The lowest BCUT2D eigenvalue weighted by atomic mass is 10.1. The molecule has 0 bridgehead atoms. The molecule has 0 radical (unpaired) electrons. The van der Waals surface area contributed by atoms with E-state index in [0.717, 1.165) is 11.3 Å². The largest absolute Gasteiger partial charge is 0.493 e. The van der Waals surface area contributed by atoms with Crippen LogP contribution in [-0.4, -0.2) is 18.6 Å². The Hall–Kier alpha value is -1.26. The number of nitrogens with two attached hydrogens (primary N) is 1. The summed E-state index contributed by atoms with van der Waals surface area (Å²) >= 11 is 0. The van der Waals surface area contributed by atoms with Gasteiger partial charge in [-0.1, -0.05) is 26.0 Å². The maximum atomic E-state index is 11.5. The molecule has 4 nitrogen and oxygen atoms in total. The summed E-state index contributed by atoms with van der Waals surface area (Å²) in [6.07, 6.45) is 0. The fourth-order valence-corrected chi connectivity index (χ4v) is 1.54. The van der Waals surface area contributed by atoms with E-state index in [2.05, 4.69) is 19.2 Å². The molecule has 1 unspecified atom stereocenters. The summed E-state index contributed by atoms with van der Waals surface area (Å²) in [4.78, 5) is 11.5. The Bertz CT molecular complexity index is 405. The molecule has 0 aliphatic rings. The lowest BCUT2D eigenvalue weighted by Gasteiger charge is -2.16. The number of carbonyl (C=O) groups is 1. The molecule has 0 aliphatic heterocycles. The van der Waals surface area contributed by atoms with E-state index in [-0.39, 0.29) is 24.4 Å². The van der Waals surface area contributed by atoms with E-state index in [4.69, 9.17) is 10.5 Å². The van der Waals surface area contributed by atoms with Crippen LogP contribution in [-0.2, 0) is 4.79 Å². The molecule has 3 N–H and O–H groups in total. The highest BCUT2D eigenvalue weighted by atomic mass is 35.5. The lowest BCUT2D eigenvalue weighted by Crippen LogP contribution is -2.39. The molecule has 1 aromatic carbocycles. The average molecular weight is 301 g/mol. The van der Waals surface area contributed by atoms with Crippen molar-refractivity contribution < 1.29 is 9.53 Å². The van der Waals surface area contributed by atoms with Crippen LogP contribution in [0.25, 0.3) is 0 Å². The Morgan fingerprint density at radius 2 is 1.75 bits per heavy atom. The number of hydrogen-bond acceptors (Lipinski definition) is 3. The van der Waals surface area contributed by atoms with E-state index in [1.807, 2.05) is 31.2 Å². The highest BCUT2D eigenvalue weighted by Crippen LogP contribution is 2.18. The van der Waals surface area contributed by atoms with Crippen LogP contribution in [0.3, 0.4) is 0 Å². The van der Waals surface area contributed by atoms with Crippen molar-refractivity contribution in [3.63, 3.8) is 0 Å². The first-order valence-corrected chi connectivity index (χ1v) is 6.69. The van der Waals surface area contributed by atoms with Gasteiger partial charge in [0.15, 0.2) is 0 Å². The number of rotatable bonds is 6. The Balaban J connectivity index is 0.00000361. The highest BCUT2D eigenvalue weighted by molar-refractivity contribution is 5.85. The van der Waals surface area contributed by atoms with Gasteiger partial charge in [-0.3, -0.25) is 4.79 Å². The lowest BCUT2D eigenvalue weighted by molar-refractivity contribution is -0.122. The molecule has 1 amide bonds. The molecule has 0 saturated carbocycles. The first-order valence-electron chi connectivity index (χ1n) is 6.69. The summed E-state index contributed by atoms with van der Waals surface area (Å²) in [6, 6.07) is 7.22. The number of ether oxygens (including phenoxy) is 1. The fraction of sp³-hybridized carbons (Fsp3) is 0.533. The van der Waals surface area contributed by atoms with E-state index >= 15 is 0 Å². The second-order valence-electron chi connectivity index (χ2n) is 5.29. The number of halogens is 1. The first kappa shape index (κ1) is 18.7. The van der Waals surface area contributed by atoms with Gasteiger partial charge in [0.2, 0.25) is 5.91 Å². The Labute approximate surface area is 127 Å². The summed E-state index contributed by atoms with van der Waals surface area (Å²) in [5.41, 5.74) is 6.56. The zero-order valence-corrected chi connectivity index (χ0v) is 13.4. The molecule has 0 fully saturated rings. The van der Waals surface area contributed by atoms with Crippen LogP contribution in [0.2, 0.25) is 0 Å². The van der Waals surface area contributed by atoms with E-state index in [9.17, 15) is 4.79 Å². The molecule has 0 aliphatic carbocycles. The molecule has 0 spiro atoms. The topological polar surface area (TPSA) is 64.3 Å². The quantitative estimate of drug-likeness (QED) is 0.849. The molecule has 114 valence electrons. The number of nitrogens with one attached hydrogen (secondary N) is 1. The van der Waals surface area contributed by atoms with Crippen molar-refractivity contribution in [3.8, 4) is 5.75 Å². The summed E-state index contributed by atoms with van der Waals surface area (Å²) in [6.45, 7) is 8.53. The molecule has 0 aromatic heterocycles. The van der Waals surface area contributed by atoms with Gasteiger partial charge in [-0.25, -0.2) is 0 Å². The highest BCUT2D eigenvalue weighted by Gasteiger charge is 2.12. The second-order valence-corrected chi connectivity index (χ2v) is 5.29. The van der Waals surface area contributed by atoms with E-state index in [0.29, 0.717) is 12.5 Å². The van der Waals surface area contributed by atoms with Crippen LogP contribution >= 0.6 is 12.4 Å². The zero-order chi connectivity index (χ0) is 14.4. The third kappa shape index (κ3) is 6.26. The SMILES string of the molecule is CC(C)COc1ccc(C(C)NC(=O)[C@@H](C)N)cc1.Cl. The van der Waals surface area contributed by atoms with Gasteiger partial charge in [0.25, 0.3) is 0 Å². The smallest absolute Gasteiger partial charge is 0.237 e. The van der Waals surface area contributed by atoms with Gasteiger partial charge in [0, 0.05) is 0 Å². The van der Waals surface area contributed by atoms with Gasteiger partial charge in [-0.05, 0) is 37.5 Å². The van der Waals surface area contributed by atoms with Gasteiger partial charge >= 0.3 is 0 Å². The summed E-state index contributed by atoms with van der Waals surface area (Å²) in [7, 11) is 0. The summed E-state index contributed by atoms with van der Waals surface area (Å²) in [5.74, 6) is 1.21. The molecule has 20 heavy (non-hydrogen) atoms. The van der Waals surface area contributed by atoms with Crippen molar-refractivity contribution >= 4 is 18.3 Å². The Morgan fingerprint density at radius 1 is 1.20 bits per heavy atom. The maximum Gasteiger partial charge on any atom is 0.237 e. The minimum Gasteiger partial charge on any atom is -0.493 e. The van der Waals surface area contributed by atoms with Crippen LogP contribution in [0.4, 0.5) is 0 Å². The van der Waals surface area contributed by atoms with Crippen molar-refractivity contribution in [1.29, 1.82) is 0 Å². The number of benzene rings is 1. The van der Waals surface area contributed by atoms with Gasteiger partial charge in [-0.2, -0.15) is 0 Å². The van der Waals surface area contributed by atoms with Crippen molar-refractivity contribution in [1.82, 2.24) is 5.32 Å². The molecular formula is C15H25ClN2O2. The van der Waals surface area contributed by atoms with E-state index < -0.39 is 6.04 Å². The predicted octanol–water partition coefficient (Wildman–Crippen LogP) is 2.67. The maximum absolute atomic E-state index is 11.5. The monoisotopic (exact) mass is 300 g/mol. The predicted molar refractivity (Wildman–Crippen MR) is 84.2 cm³/mol. The standard InChI is InChI=1S/C15H24N2O2.ClH/c1-10(2)9-19-14-7-5-13(6-8-14)12(4)17-15(18)11(3)16;/h5-8,10-12H,9,16H2,1-4H3,(H,17,18);1H/t11-,12?;/m1./s1. The Kier molecular flexibility index (Phi) is 8.26. The number of hydrogen-bond donors (Lipinski definition) is 2. The van der Waals surface area contributed by atoms with Crippen LogP contribution < -0.4 is 15.8 Å². The van der Waals surface area contributed by atoms with Gasteiger partial charge in [0.1, 0.15) is 5.75 Å². The van der Waals surface area contributed by atoms with Crippen LogP contribution in [0, 0.1) is 5.92 Å². The van der Waals surface area contributed by atoms with Crippen molar-refractivity contribution in [2.75, 3.05) is 6.61 Å². The molecule has 1 aromatic rings. The zero-order valence-electron chi connectivity index (χ0n) is 12.6. The summed E-state index contributed by atoms with van der Waals surface area (Å²) in [5, 5.41) is 2.86. The third-order valence-corrected chi connectivity index (χ3v) is 2.74. The molecular weight excluding hydrogens is 276 g/mol. The summed E-state index contributed by atoms with van der Waals surface area (Å²) < 4.78 is 5.61. The normalized spacial score (nSPS) is 13.3. The van der Waals surface area contributed by atoms with E-state index in [1.165, 1.54) is 0 Å². The third-order valence-electron chi connectivity index (χ3n) is 2.74. The van der Waals surface area contributed by atoms with Crippen molar-refractivity contribution in [3.05, 3.63) is 29.8 Å². The molecule has 0 saturated heterocycles. The van der Waals surface area contributed by atoms with Crippen molar-refractivity contribution in [2.24, 2.45) is 11.7 Å². The second kappa shape index (κ2) is 8.82. The number of amides is 1. The molecule has 5 heteroatoms. The molecule has 1 rings (SSSR count). The van der Waals surface area contributed by atoms with Gasteiger partial charge in [-0.15, -0.1) is 12.4 Å². The van der Waals surface area contributed by atoms with Crippen molar-refractivity contribution in [2.45, 2.75) is 39.8 Å². The first-order chi connectivity index (χ1) is 8.90. The van der Waals surface area contributed by atoms with Gasteiger partial charge in [0.05, 0.1) is 18.7 Å². The van der Waals surface area contributed by atoms with Gasteiger partial charge < -0.3 is 15.8 Å².